The van der Waals surface area contributed by atoms with Crippen molar-refractivity contribution in [1.29, 1.82) is 0 Å². The van der Waals surface area contributed by atoms with Crippen LogP contribution in [0.3, 0.4) is 0 Å². The molecule has 3 unspecified atom stereocenters. The Morgan fingerprint density at radius 2 is 1.53 bits per heavy atom. The number of nitrogens with zero attached hydrogens (tertiary/aromatic N) is 1. The predicted octanol–water partition coefficient (Wildman–Crippen LogP) is 6.96. The molecule has 0 spiro atoms. The van der Waals surface area contributed by atoms with Gasteiger partial charge in [-0.3, -0.25) is 9.36 Å². The Hall–Kier alpha value is -0.460. The maximum atomic E-state index is 12.4. The Morgan fingerprint density at radius 3 is 2.11 bits per heavy atom. The summed E-state index contributed by atoms with van der Waals surface area (Å²) in [6.07, 6.45) is 18.6. The van der Waals surface area contributed by atoms with Gasteiger partial charge in [-0.15, -0.1) is 0 Å². The molecular weight excluding hydrogens is 477 g/mol. The van der Waals surface area contributed by atoms with E-state index in [1.807, 2.05) is 0 Å². The Balaban J connectivity index is 2.16. The van der Waals surface area contributed by atoms with Crippen LogP contribution in [-0.4, -0.2) is 67.5 Å². The zero-order chi connectivity index (χ0) is 26.5. The standard InChI is InChI=1S/C28H56NO6P/c1-4-6-7-8-9-10-11-12-13-14-17-27(5-2)18-22-33-24-28(35-26(3)30)25-34-36(31,32)23-21-29-19-15-16-20-29/h27-28H,4-25H2,1-3H3,(H,31,32). The van der Waals surface area contributed by atoms with Gasteiger partial charge in [0.05, 0.1) is 19.4 Å². The fraction of sp³-hybridized carbons (Fsp3) is 0.964. The first-order valence-corrected chi connectivity index (χ1v) is 16.6. The summed E-state index contributed by atoms with van der Waals surface area (Å²) in [5.74, 6) is 0.204. The van der Waals surface area contributed by atoms with Crippen molar-refractivity contribution >= 4 is 13.6 Å². The number of ether oxygens (including phenoxy) is 2. The molecule has 7 nitrogen and oxygen atoms in total. The second-order valence-corrected chi connectivity index (χ2v) is 12.5. The Bertz CT molecular complexity index is 584. The van der Waals surface area contributed by atoms with Gasteiger partial charge in [-0.05, 0) is 38.3 Å². The summed E-state index contributed by atoms with van der Waals surface area (Å²) in [6, 6.07) is 0. The monoisotopic (exact) mass is 533 g/mol. The van der Waals surface area contributed by atoms with Gasteiger partial charge >= 0.3 is 13.6 Å². The van der Waals surface area contributed by atoms with Crippen molar-refractivity contribution in [3.05, 3.63) is 0 Å². The van der Waals surface area contributed by atoms with Crippen LogP contribution < -0.4 is 0 Å². The number of carbonyl (C=O) groups excluding carboxylic acids is 1. The lowest BCUT2D eigenvalue weighted by molar-refractivity contribution is -0.151. The molecule has 1 rings (SSSR count). The molecular formula is C28H56NO6P. The molecule has 0 saturated carbocycles. The van der Waals surface area contributed by atoms with E-state index in [2.05, 4.69) is 18.7 Å². The summed E-state index contributed by atoms with van der Waals surface area (Å²) >= 11 is 0. The fourth-order valence-electron chi connectivity index (χ4n) is 4.83. The number of carbonyl (C=O) groups is 1. The molecule has 0 bridgehead atoms. The number of esters is 1. The molecule has 0 aromatic heterocycles. The first-order chi connectivity index (χ1) is 17.4. The molecule has 0 aliphatic carbocycles. The number of unbranched alkanes of at least 4 members (excludes halogenated alkanes) is 9. The largest absolute Gasteiger partial charge is 0.458 e. The minimum Gasteiger partial charge on any atom is -0.458 e. The lowest BCUT2D eigenvalue weighted by atomic mass is 9.95. The molecule has 0 radical (unpaired) electrons. The van der Waals surface area contributed by atoms with E-state index in [9.17, 15) is 14.3 Å². The van der Waals surface area contributed by atoms with Crippen LogP contribution in [0.5, 0.6) is 0 Å². The van der Waals surface area contributed by atoms with Crippen molar-refractivity contribution in [2.24, 2.45) is 5.92 Å². The van der Waals surface area contributed by atoms with Gasteiger partial charge in [-0.25, -0.2) is 0 Å². The number of likely N-dealkylation sites (tertiary alicyclic amines) is 1. The summed E-state index contributed by atoms with van der Waals surface area (Å²) in [5.41, 5.74) is 0. The van der Waals surface area contributed by atoms with E-state index in [1.54, 1.807) is 0 Å². The average molecular weight is 534 g/mol. The van der Waals surface area contributed by atoms with Crippen LogP contribution in [0.2, 0.25) is 0 Å². The lowest BCUT2D eigenvalue weighted by Crippen LogP contribution is -2.28. The SMILES string of the molecule is CCCCCCCCCCCCC(CC)CCOCC(COP(=O)(O)CCN1CCCC1)OC(C)=O. The van der Waals surface area contributed by atoms with E-state index in [1.165, 1.54) is 77.6 Å². The van der Waals surface area contributed by atoms with Crippen molar-refractivity contribution in [2.75, 3.05) is 45.6 Å². The normalized spacial score (nSPS) is 17.7. The quantitative estimate of drug-likeness (QED) is 0.0815. The fourth-order valence-corrected chi connectivity index (χ4v) is 5.89. The summed E-state index contributed by atoms with van der Waals surface area (Å²) < 4.78 is 28.7. The van der Waals surface area contributed by atoms with Crippen LogP contribution >= 0.6 is 7.60 Å². The minimum atomic E-state index is -3.72. The van der Waals surface area contributed by atoms with E-state index < -0.39 is 19.7 Å². The predicted molar refractivity (Wildman–Crippen MR) is 148 cm³/mol. The summed E-state index contributed by atoms with van der Waals surface area (Å²) in [5, 5.41) is 0. The molecule has 36 heavy (non-hydrogen) atoms. The zero-order valence-electron chi connectivity index (χ0n) is 23.6. The van der Waals surface area contributed by atoms with Crippen LogP contribution in [0.15, 0.2) is 0 Å². The van der Waals surface area contributed by atoms with Gasteiger partial charge in [0.2, 0.25) is 0 Å². The van der Waals surface area contributed by atoms with Crippen molar-refractivity contribution < 1.29 is 28.3 Å². The van der Waals surface area contributed by atoms with Crippen molar-refractivity contribution in [1.82, 2.24) is 4.90 Å². The van der Waals surface area contributed by atoms with Gasteiger partial charge in [0.1, 0.15) is 6.10 Å². The summed E-state index contributed by atoms with van der Waals surface area (Å²) in [7, 11) is -3.72. The van der Waals surface area contributed by atoms with Crippen LogP contribution in [0.1, 0.15) is 117 Å². The third kappa shape index (κ3) is 18.7. The van der Waals surface area contributed by atoms with Crippen LogP contribution in [0.4, 0.5) is 0 Å². The molecule has 0 aromatic rings. The van der Waals surface area contributed by atoms with Gasteiger partial charge in [0, 0.05) is 20.1 Å². The molecule has 1 fully saturated rings. The topological polar surface area (TPSA) is 85.3 Å². The Labute approximate surface area is 221 Å². The summed E-state index contributed by atoms with van der Waals surface area (Å²) in [6.45, 7) is 8.99. The maximum absolute atomic E-state index is 12.4. The van der Waals surface area contributed by atoms with Gasteiger partial charge < -0.3 is 23.8 Å². The first kappa shape index (κ1) is 33.6. The molecule has 214 valence electrons. The van der Waals surface area contributed by atoms with Crippen molar-refractivity contribution in [2.45, 2.75) is 123 Å². The van der Waals surface area contributed by atoms with E-state index in [0.29, 0.717) is 19.1 Å². The molecule has 1 aliphatic heterocycles. The van der Waals surface area contributed by atoms with Gasteiger partial charge in [-0.2, -0.15) is 0 Å². The average Bonchev–Trinajstić information content (AvgIpc) is 3.37. The number of hydrogen-bond donors (Lipinski definition) is 1. The second-order valence-electron chi connectivity index (χ2n) is 10.5. The van der Waals surface area contributed by atoms with E-state index >= 15 is 0 Å². The van der Waals surface area contributed by atoms with Crippen LogP contribution in [0, 0.1) is 5.92 Å². The molecule has 1 aliphatic rings. The number of rotatable bonds is 24. The highest BCUT2D eigenvalue weighted by atomic mass is 31.2. The third-order valence-corrected chi connectivity index (χ3v) is 8.53. The van der Waals surface area contributed by atoms with Crippen LogP contribution in [0.25, 0.3) is 0 Å². The molecule has 1 saturated heterocycles. The molecule has 1 N–H and O–H groups in total. The van der Waals surface area contributed by atoms with Gasteiger partial charge in [0.25, 0.3) is 0 Å². The smallest absolute Gasteiger partial charge is 0.329 e. The Morgan fingerprint density at radius 1 is 0.917 bits per heavy atom. The highest BCUT2D eigenvalue weighted by molar-refractivity contribution is 7.52. The molecule has 0 amide bonds. The van der Waals surface area contributed by atoms with Crippen molar-refractivity contribution in [3.8, 4) is 0 Å². The third-order valence-electron chi connectivity index (χ3n) is 7.21. The highest BCUT2D eigenvalue weighted by Gasteiger charge is 2.25. The summed E-state index contributed by atoms with van der Waals surface area (Å²) in [4.78, 5) is 23.8. The molecule has 0 aromatic carbocycles. The molecule has 1 heterocycles. The lowest BCUT2D eigenvalue weighted by Gasteiger charge is -2.21. The van der Waals surface area contributed by atoms with E-state index in [0.717, 1.165) is 38.8 Å². The van der Waals surface area contributed by atoms with Gasteiger partial charge in [0.15, 0.2) is 0 Å². The Kier molecular flexibility index (Phi) is 20.0. The van der Waals surface area contributed by atoms with Gasteiger partial charge in [-0.1, -0.05) is 90.9 Å². The van der Waals surface area contributed by atoms with E-state index in [-0.39, 0.29) is 19.4 Å². The minimum absolute atomic E-state index is 0.0950. The second kappa shape index (κ2) is 21.5. The van der Waals surface area contributed by atoms with Crippen LogP contribution in [-0.2, 0) is 23.4 Å². The highest BCUT2D eigenvalue weighted by Crippen LogP contribution is 2.41. The maximum Gasteiger partial charge on any atom is 0.329 e. The van der Waals surface area contributed by atoms with E-state index in [4.69, 9.17) is 14.0 Å². The first-order valence-electron chi connectivity index (χ1n) is 14.8. The molecule has 8 heteroatoms. The zero-order valence-corrected chi connectivity index (χ0v) is 24.5. The molecule has 3 atom stereocenters. The van der Waals surface area contributed by atoms with Crippen molar-refractivity contribution in [3.63, 3.8) is 0 Å². The number of hydrogen-bond acceptors (Lipinski definition) is 6.